The Morgan fingerprint density at radius 2 is 2.10 bits per heavy atom. The molecular weight excluding hydrogens is 255 g/mol. The first-order valence-electron chi connectivity index (χ1n) is 7.22. The minimum atomic E-state index is -0.286. The molecule has 2 rings (SSSR count). The van der Waals surface area contributed by atoms with Gasteiger partial charge in [0.15, 0.2) is 0 Å². The molecule has 0 aromatic heterocycles. The first kappa shape index (κ1) is 15.0. The number of carbonyl (C=O) groups is 1. The fraction of sp³-hybridized carbons (Fsp3) is 0.562. The molecule has 0 atom stereocenters. The maximum absolute atomic E-state index is 13.4. The van der Waals surface area contributed by atoms with E-state index in [1.54, 1.807) is 11.0 Å². The molecule has 0 fully saturated rings. The van der Waals surface area contributed by atoms with Crippen LogP contribution in [0.15, 0.2) is 18.2 Å². The number of anilines is 1. The molecule has 0 radical (unpaired) electrons. The van der Waals surface area contributed by atoms with Crippen molar-refractivity contribution in [3.63, 3.8) is 0 Å². The molecule has 1 aliphatic heterocycles. The summed E-state index contributed by atoms with van der Waals surface area (Å²) in [6.45, 7) is 5.52. The van der Waals surface area contributed by atoms with Crippen LogP contribution in [0.25, 0.3) is 0 Å². The van der Waals surface area contributed by atoms with Crippen molar-refractivity contribution in [2.24, 2.45) is 11.1 Å². The van der Waals surface area contributed by atoms with E-state index in [-0.39, 0.29) is 17.1 Å². The van der Waals surface area contributed by atoms with Crippen LogP contribution in [0.2, 0.25) is 0 Å². The average Bonchev–Trinajstić information content (AvgIpc) is 2.41. The molecule has 1 aromatic carbocycles. The van der Waals surface area contributed by atoms with E-state index in [2.05, 4.69) is 13.8 Å². The van der Waals surface area contributed by atoms with E-state index in [0.29, 0.717) is 25.9 Å². The maximum Gasteiger partial charge on any atom is 0.227 e. The Kier molecular flexibility index (Phi) is 4.43. The zero-order valence-electron chi connectivity index (χ0n) is 12.3. The standard InChI is InChI=1S/C16H23FN2O/c1-16(2,11-18)8-3-9-19-14-10-13(17)6-4-12(14)5-7-15(19)20/h4,6,10H,3,5,7-9,11,18H2,1-2H3. The van der Waals surface area contributed by atoms with Gasteiger partial charge in [-0.15, -0.1) is 0 Å². The summed E-state index contributed by atoms with van der Waals surface area (Å²) in [6, 6.07) is 4.72. The summed E-state index contributed by atoms with van der Waals surface area (Å²) in [4.78, 5) is 13.8. The fourth-order valence-electron chi connectivity index (χ4n) is 2.57. The molecule has 0 aliphatic carbocycles. The number of carbonyl (C=O) groups excluding carboxylic acids is 1. The van der Waals surface area contributed by atoms with Gasteiger partial charge >= 0.3 is 0 Å². The van der Waals surface area contributed by atoms with Gasteiger partial charge in [-0.25, -0.2) is 4.39 Å². The van der Waals surface area contributed by atoms with Gasteiger partial charge in [0.2, 0.25) is 5.91 Å². The number of nitrogens with two attached hydrogens (primary N) is 1. The first-order valence-corrected chi connectivity index (χ1v) is 7.22. The van der Waals surface area contributed by atoms with E-state index in [1.807, 2.05) is 0 Å². The zero-order valence-corrected chi connectivity index (χ0v) is 12.3. The molecule has 4 heteroatoms. The zero-order chi connectivity index (χ0) is 14.8. The minimum absolute atomic E-state index is 0.0869. The van der Waals surface area contributed by atoms with Gasteiger partial charge in [-0.1, -0.05) is 19.9 Å². The van der Waals surface area contributed by atoms with Crippen LogP contribution < -0.4 is 10.6 Å². The van der Waals surface area contributed by atoms with Gasteiger partial charge in [0, 0.05) is 18.7 Å². The molecule has 0 spiro atoms. The number of rotatable bonds is 5. The maximum atomic E-state index is 13.4. The molecule has 110 valence electrons. The number of nitrogens with zero attached hydrogens (tertiary/aromatic N) is 1. The van der Waals surface area contributed by atoms with Crippen molar-refractivity contribution >= 4 is 11.6 Å². The third-order valence-electron chi connectivity index (χ3n) is 4.04. The molecule has 1 aromatic rings. The molecule has 2 N–H and O–H groups in total. The molecule has 0 saturated carbocycles. The SMILES string of the molecule is CC(C)(CN)CCCN1C(=O)CCc2ccc(F)cc21. The summed E-state index contributed by atoms with van der Waals surface area (Å²) in [5.41, 5.74) is 7.61. The highest BCUT2D eigenvalue weighted by Gasteiger charge is 2.25. The molecule has 1 amide bonds. The predicted molar refractivity (Wildman–Crippen MR) is 79.1 cm³/mol. The van der Waals surface area contributed by atoms with Crippen LogP contribution in [0.1, 0.15) is 38.7 Å². The van der Waals surface area contributed by atoms with Crippen LogP contribution in [-0.4, -0.2) is 19.0 Å². The largest absolute Gasteiger partial charge is 0.330 e. The van der Waals surface area contributed by atoms with Gasteiger partial charge in [-0.05, 0) is 48.9 Å². The highest BCUT2D eigenvalue weighted by atomic mass is 19.1. The van der Waals surface area contributed by atoms with Crippen LogP contribution in [0.3, 0.4) is 0 Å². The number of aryl methyl sites for hydroxylation is 1. The lowest BCUT2D eigenvalue weighted by Crippen LogP contribution is -2.36. The van der Waals surface area contributed by atoms with Gasteiger partial charge in [-0.2, -0.15) is 0 Å². The number of fused-ring (bicyclic) bond motifs is 1. The lowest BCUT2D eigenvalue weighted by atomic mass is 9.88. The Morgan fingerprint density at radius 3 is 2.80 bits per heavy atom. The lowest BCUT2D eigenvalue weighted by Gasteiger charge is -2.31. The van der Waals surface area contributed by atoms with E-state index in [1.165, 1.54) is 12.1 Å². The second-order valence-corrected chi connectivity index (χ2v) is 6.29. The molecule has 20 heavy (non-hydrogen) atoms. The quantitative estimate of drug-likeness (QED) is 0.900. The van der Waals surface area contributed by atoms with Crippen molar-refractivity contribution in [1.29, 1.82) is 0 Å². The van der Waals surface area contributed by atoms with E-state index in [9.17, 15) is 9.18 Å². The second-order valence-electron chi connectivity index (χ2n) is 6.29. The van der Waals surface area contributed by atoms with Gasteiger partial charge in [0.05, 0.1) is 0 Å². The highest BCUT2D eigenvalue weighted by molar-refractivity contribution is 5.96. The molecule has 0 bridgehead atoms. The molecule has 0 unspecified atom stereocenters. The van der Waals surface area contributed by atoms with Gasteiger partial charge < -0.3 is 10.6 Å². The Morgan fingerprint density at radius 1 is 1.35 bits per heavy atom. The Balaban J connectivity index is 2.08. The number of amides is 1. The lowest BCUT2D eigenvalue weighted by molar-refractivity contribution is -0.118. The highest BCUT2D eigenvalue weighted by Crippen LogP contribution is 2.29. The van der Waals surface area contributed by atoms with E-state index >= 15 is 0 Å². The molecule has 1 aliphatic rings. The van der Waals surface area contributed by atoms with Crippen molar-refractivity contribution in [1.82, 2.24) is 0 Å². The smallest absolute Gasteiger partial charge is 0.227 e. The summed E-state index contributed by atoms with van der Waals surface area (Å²) in [6.07, 6.45) is 3.06. The molecular formula is C16H23FN2O. The topological polar surface area (TPSA) is 46.3 Å². The minimum Gasteiger partial charge on any atom is -0.330 e. The number of benzene rings is 1. The van der Waals surface area contributed by atoms with Crippen LogP contribution in [0, 0.1) is 11.2 Å². The average molecular weight is 278 g/mol. The summed E-state index contributed by atoms with van der Waals surface area (Å²) in [5.74, 6) is -0.195. The predicted octanol–water partition coefficient (Wildman–Crippen LogP) is 2.87. The molecule has 1 heterocycles. The number of halogens is 1. The van der Waals surface area contributed by atoms with Gasteiger partial charge in [-0.3, -0.25) is 4.79 Å². The van der Waals surface area contributed by atoms with Crippen molar-refractivity contribution in [2.75, 3.05) is 18.0 Å². The van der Waals surface area contributed by atoms with E-state index in [0.717, 1.165) is 24.1 Å². The number of hydrogen-bond donors (Lipinski definition) is 1. The van der Waals surface area contributed by atoms with Crippen molar-refractivity contribution in [3.05, 3.63) is 29.6 Å². The normalized spacial score (nSPS) is 15.4. The van der Waals surface area contributed by atoms with Crippen LogP contribution in [0.4, 0.5) is 10.1 Å². The summed E-state index contributed by atoms with van der Waals surface area (Å²) in [5, 5.41) is 0. The van der Waals surface area contributed by atoms with E-state index in [4.69, 9.17) is 5.73 Å². The van der Waals surface area contributed by atoms with Crippen LogP contribution >= 0.6 is 0 Å². The first-order chi connectivity index (χ1) is 9.43. The Hall–Kier alpha value is -1.42. The third-order valence-corrected chi connectivity index (χ3v) is 4.04. The fourth-order valence-corrected chi connectivity index (χ4v) is 2.57. The summed E-state index contributed by atoms with van der Waals surface area (Å²) >= 11 is 0. The van der Waals surface area contributed by atoms with Crippen molar-refractivity contribution < 1.29 is 9.18 Å². The molecule has 0 saturated heterocycles. The van der Waals surface area contributed by atoms with Gasteiger partial charge in [0.1, 0.15) is 5.82 Å². The van der Waals surface area contributed by atoms with Crippen molar-refractivity contribution in [3.8, 4) is 0 Å². The van der Waals surface area contributed by atoms with Crippen molar-refractivity contribution in [2.45, 2.75) is 39.5 Å². The monoisotopic (exact) mass is 278 g/mol. The van der Waals surface area contributed by atoms with Gasteiger partial charge in [0.25, 0.3) is 0 Å². The van der Waals surface area contributed by atoms with Crippen LogP contribution in [0.5, 0.6) is 0 Å². The summed E-state index contributed by atoms with van der Waals surface area (Å²) < 4.78 is 13.4. The second kappa shape index (κ2) is 5.92. The number of hydrogen-bond acceptors (Lipinski definition) is 2. The third kappa shape index (κ3) is 3.37. The van der Waals surface area contributed by atoms with Crippen LogP contribution in [-0.2, 0) is 11.2 Å². The van der Waals surface area contributed by atoms with E-state index < -0.39 is 0 Å². The molecule has 3 nitrogen and oxygen atoms in total. The Labute approximate surface area is 120 Å². The summed E-state index contributed by atoms with van der Waals surface area (Å²) in [7, 11) is 0. The Bertz CT molecular complexity index is 499.